The zero-order valence-corrected chi connectivity index (χ0v) is 18.8. The van der Waals surface area contributed by atoms with E-state index in [0.29, 0.717) is 42.3 Å². The van der Waals surface area contributed by atoms with Gasteiger partial charge in [0.15, 0.2) is 0 Å². The molecule has 8 heteroatoms. The van der Waals surface area contributed by atoms with Crippen LogP contribution < -0.4 is 4.74 Å². The van der Waals surface area contributed by atoms with Crippen molar-refractivity contribution in [1.82, 2.24) is 19.3 Å². The number of hydrogen-bond donors (Lipinski definition) is 0. The van der Waals surface area contributed by atoms with Crippen LogP contribution >= 0.6 is 11.6 Å². The number of benzene rings is 1. The fraction of sp³-hybridized carbons (Fsp3) is 0.478. The Hall–Kier alpha value is -2.51. The number of methoxy groups -OCH3 is 1. The van der Waals surface area contributed by atoms with Gasteiger partial charge in [0.2, 0.25) is 5.91 Å². The minimum atomic E-state index is -0.108. The van der Waals surface area contributed by atoms with Crippen molar-refractivity contribution in [2.24, 2.45) is 5.92 Å². The fourth-order valence-corrected chi connectivity index (χ4v) is 4.62. The largest absolute Gasteiger partial charge is 0.496 e. The molecular weight excluding hydrogens is 416 g/mol. The number of likely N-dealkylation sites (tertiary alicyclic amines) is 1. The SMILES string of the molecule is COc1cc(-n2cccc2)c(Cl)cc1C(=O)N1CCC(C(=O)N2CCN(C)CC2)CC1. The standard InChI is InChI=1S/C23H29ClN4O3/c1-25-11-13-28(14-12-25)22(29)17-5-9-27(10-6-17)23(30)18-15-19(24)20(16-21(18)31-2)26-7-3-4-8-26/h3-4,7-8,15-17H,5-6,9-14H2,1-2H3. The molecule has 0 atom stereocenters. The van der Waals surface area contributed by atoms with Crippen LogP contribution in [0.4, 0.5) is 0 Å². The molecule has 0 unspecified atom stereocenters. The van der Waals surface area contributed by atoms with E-state index in [-0.39, 0.29) is 17.7 Å². The lowest BCUT2D eigenvalue weighted by molar-refractivity contribution is -0.138. The molecule has 4 rings (SSSR count). The van der Waals surface area contributed by atoms with Crippen molar-refractivity contribution in [2.75, 3.05) is 53.4 Å². The minimum Gasteiger partial charge on any atom is -0.496 e. The van der Waals surface area contributed by atoms with Crippen molar-refractivity contribution in [3.05, 3.63) is 47.2 Å². The Morgan fingerprint density at radius 3 is 2.23 bits per heavy atom. The Kier molecular flexibility index (Phi) is 6.53. The number of ether oxygens (including phenoxy) is 1. The van der Waals surface area contributed by atoms with Crippen LogP contribution in [0, 0.1) is 5.92 Å². The van der Waals surface area contributed by atoms with Crippen LogP contribution in [0.15, 0.2) is 36.7 Å². The average Bonchev–Trinajstić information content (AvgIpc) is 3.33. The first-order valence-electron chi connectivity index (χ1n) is 10.8. The highest BCUT2D eigenvalue weighted by atomic mass is 35.5. The van der Waals surface area contributed by atoms with E-state index in [9.17, 15) is 9.59 Å². The Labute approximate surface area is 188 Å². The van der Waals surface area contributed by atoms with Crippen LogP contribution in [0.2, 0.25) is 5.02 Å². The Bertz CT molecular complexity index is 931. The summed E-state index contributed by atoms with van der Waals surface area (Å²) in [5.41, 5.74) is 1.21. The highest BCUT2D eigenvalue weighted by Crippen LogP contribution is 2.32. The van der Waals surface area contributed by atoms with E-state index in [1.54, 1.807) is 24.1 Å². The molecule has 0 N–H and O–H groups in total. The van der Waals surface area contributed by atoms with Gasteiger partial charge >= 0.3 is 0 Å². The maximum Gasteiger partial charge on any atom is 0.257 e. The number of hydrogen-bond acceptors (Lipinski definition) is 4. The number of likely N-dealkylation sites (N-methyl/N-ethyl adjacent to an activating group) is 1. The molecule has 7 nitrogen and oxygen atoms in total. The topological polar surface area (TPSA) is 58.0 Å². The van der Waals surface area contributed by atoms with Gasteiger partial charge in [-0.15, -0.1) is 0 Å². The predicted octanol–water partition coefficient (Wildman–Crippen LogP) is 2.77. The summed E-state index contributed by atoms with van der Waals surface area (Å²) in [6, 6.07) is 7.30. The molecule has 0 radical (unpaired) electrons. The summed E-state index contributed by atoms with van der Waals surface area (Å²) in [4.78, 5) is 32.1. The summed E-state index contributed by atoms with van der Waals surface area (Å²) in [5.74, 6) is 0.614. The van der Waals surface area contributed by atoms with Crippen molar-refractivity contribution in [3.63, 3.8) is 0 Å². The van der Waals surface area contributed by atoms with E-state index in [4.69, 9.17) is 16.3 Å². The number of carbonyl (C=O) groups excluding carboxylic acids is 2. The van der Waals surface area contributed by atoms with Crippen molar-refractivity contribution in [1.29, 1.82) is 0 Å². The molecule has 31 heavy (non-hydrogen) atoms. The lowest BCUT2D eigenvalue weighted by Gasteiger charge is -2.37. The van der Waals surface area contributed by atoms with Crippen LogP contribution in [0.25, 0.3) is 5.69 Å². The molecule has 0 bridgehead atoms. The molecule has 1 aromatic heterocycles. The molecule has 2 fully saturated rings. The number of rotatable bonds is 4. The van der Waals surface area contributed by atoms with E-state index >= 15 is 0 Å². The molecule has 2 aliphatic rings. The fourth-order valence-electron chi connectivity index (χ4n) is 4.36. The van der Waals surface area contributed by atoms with Gasteiger partial charge < -0.3 is 24.0 Å². The molecular formula is C23H29ClN4O3. The molecule has 2 amide bonds. The molecule has 2 aliphatic heterocycles. The average molecular weight is 445 g/mol. The quantitative estimate of drug-likeness (QED) is 0.727. The maximum atomic E-state index is 13.2. The number of aromatic nitrogens is 1. The Balaban J connectivity index is 1.43. The molecule has 0 aliphatic carbocycles. The third-order valence-corrected chi connectivity index (χ3v) is 6.63. The normalized spacial score (nSPS) is 18.3. The Morgan fingerprint density at radius 1 is 0.968 bits per heavy atom. The summed E-state index contributed by atoms with van der Waals surface area (Å²) >= 11 is 6.49. The summed E-state index contributed by atoms with van der Waals surface area (Å²) in [5, 5.41) is 0.487. The van der Waals surface area contributed by atoms with Crippen molar-refractivity contribution >= 4 is 23.4 Å². The molecule has 0 spiro atoms. The first-order chi connectivity index (χ1) is 15.0. The van der Waals surface area contributed by atoms with E-state index < -0.39 is 0 Å². The van der Waals surface area contributed by atoms with Crippen LogP contribution in [0.5, 0.6) is 5.75 Å². The third-order valence-electron chi connectivity index (χ3n) is 6.33. The van der Waals surface area contributed by atoms with Crippen molar-refractivity contribution in [2.45, 2.75) is 12.8 Å². The zero-order valence-electron chi connectivity index (χ0n) is 18.1. The van der Waals surface area contributed by atoms with Gasteiger partial charge in [-0.2, -0.15) is 0 Å². The Morgan fingerprint density at radius 2 is 1.61 bits per heavy atom. The van der Waals surface area contributed by atoms with Gasteiger partial charge in [-0.3, -0.25) is 9.59 Å². The second kappa shape index (κ2) is 9.32. The van der Waals surface area contributed by atoms with Gasteiger partial charge in [-0.05, 0) is 38.1 Å². The molecule has 1 aromatic carbocycles. The van der Waals surface area contributed by atoms with Crippen molar-refractivity contribution < 1.29 is 14.3 Å². The van der Waals surface area contributed by atoms with Gasteiger partial charge in [0.1, 0.15) is 5.75 Å². The van der Waals surface area contributed by atoms with E-state index in [2.05, 4.69) is 11.9 Å². The second-order valence-electron chi connectivity index (χ2n) is 8.29. The lowest BCUT2D eigenvalue weighted by Crippen LogP contribution is -2.51. The number of nitrogens with zero attached hydrogens (tertiary/aromatic N) is 4. The maximum absolute atomic E-state index is 13.2. The molecule has 166 valence electrons. The van der Waals surface area contributed by atoms with Gasteiger partial charge in [-0.1, -0.05) is 11.6 Å². The second-order valence-corrected chi connectivity index (χ2v) is 8.70. The van der Waals surface area contributed by atoms with E-state index in [1.807, 2.05) is 34.0 Å². The first-order valence-corrected chi connectivity index (χ1v) is 11.1. The van der Waals surface area contributed by atoms with Crippen LogP contribution in [-0.2, 0) is 4.79 Å². The van der Waals surface area contributed by atoms with Gasteiger partial charge in [0, 0.05) is 63.6 Å². The van der Waals surface area contributed by atoms with Crippen LogP contribution in [0.3, 0.4) is 0 Å². The van der Waals surface area contributed by atoms with Gasteiger partial charge in [0.25, 0.3) is 5.91 Å². The summed E-state index contributed by atoms with van der Waals surface area (Å²) in [6.07, 6.45) is 5.16. The minimum absolute atomic E-state index is 0.00550. The summed E-state index contributed by atoms with van der Waals surface area (Å²) in [6.45, 7) is 4.54. The number of piperazine rings is 1. The molecule has 2 aromatic rings. The third kappa shape index (κ3) is 4.57. The molecule has 0 saturated carbocycles. The smallest absolute Gasteiger partial charge is 0.257 e. The number of halogens is 1. The van der Waals surface area contributed by atoms with Crippen LogP contribution in [0.1, 0.15) is 23.2 Å². The van der Waals surface area contributed by atoms with Gasteiger partial charge in [0.05, 0.1) is 23.4 Å². The van der Waals surface area contributed by atoms with Crippen LogP contribution in [-0.4, -0.2) is 84.5 Å². The number of carbonyl (C=O) groups is 2. The predicted molar refractivity (Wildman–Crippen MR) is 120 cm³/mol. The number of amides is 2. The molecule has 3 heterocycles. The zero-order chi connectivity index (χ0) is 22.0. The van der Waals surface area contributed by atoms with E-state index in [0.717, 1.165) is 31.9 Å². The lowest BCUT2D eigenvalue weighted by atomic mass is 9.94. The summed E-state index contributed by atoms with van der Waals surface area (Å²) < 4.78 is 7.40. The van der Waals surface area contributed by atoms with Gasteiger partial charge in [-0.25, -0.2) is 0 Å². The number of piperidine rings is 1. The monoisotopic (exact) mass is 444 g/mol. The van der Waals surface area contributed by atoms with Crippen molar-refractivity contribution in [3.8, 4) is 11.4 Å². The highest BCUT2D eigenvalue weighted by Gasteiger charge is 2.32. The highest BCUT2D eigenvalue weighted by molar-refractivity contribution is 6.33. The van der Waals surface area contributed by atoms with E-state index in [1.165, 1.54) is 0 Å². The molecule has 2 saturated heterocycles. The summed E-state index contributed by atoms with van der Waals surface area (Å²) in [7, 11) is 3.64. The first kappa shape index (κ1) is 21.7.